The Bertz CT molecular complexity index is 720. The molecule has 0 N–H and O–H groups in total. The lowest BCUT2D eigenvalue weighted by Crippen LogP contribution is -2.56. The number of nitrogens with zero attached hydrogens (tertiary/aromatic N) is 1. The molecule has 0 unspecified atom stereocenters. The van der Waals surface area contributed by atoms with Crippen molar-refractivity contribution in [1.82, 2.24) is 4.90 Å². The van der Waals surface area contributed by atoms with E-state index in [0.717, 1.165) is 30.6 Å². The summed E-state index contributed by atoms with van der Waals surface area (Å²) >= 11 is 14.1. The largest absolute Gasteiger partial charge is 0.455 e. The first-order valence-corrected chi connectivity index (χ1v) is 10.7. The standard InChI is InChI=1S/C19H23Cl2NO3S/c1-22(9-14-2-3-15(20)26-14)16(23)10-25-17(24)18-5-12-4-13(6-18)8-19(21,7-12)11-18/h2-3,12-13H,4-11H2,1H3/t12-,13-,18?,19?/m1/s1. The fourth-order valence-corrected chi connectivity index (χ4v) is 7.37. The molecular formula is C19H23Cl2NO3S. The van der Waals surface area contributed by atoms with Crippen LogP contribution in [0.2, 0.25) is 4.34 Å². The SMILES string of the molecule is CN(Cc1ccc(Cl)s1)C(=O)COC(=O)C12C[C@H]3C[C@@H](CC(Cl)(C3)C1)C2. The first-order valence-electron chi connectivity index (χ1n) is 9.11. The number of hydrogen-bond acceptors (Lipinski definition) is 4. The van der Waals surface area contributed by atoms with Crippen LogP contribution in [0.25, 0.3) is 0 Å². The Morgan fingerprint density at radius 1 is 1.27 bits per heavy atom. The van der Waals surface area contributed by atoms with Crippen LogP contribution in [0.4, 0.5) is 0 Å². The van der Waals surface area contributed by atoms with E-state index < -0.39 is 5.41 Å². The van der Waals surface area contributed by atoms with Gasteiger partial charge in [0.25, 0.3) is 5.91 Å². The summed E-state index contributed by atoms with van der Waals surface area (Å²) in [5.74, 6) is 0.636. The molecule has 26 heavy (non-hydrogen) atoms. The highest BCUT2D eigenvalue weighted by Crippen LogP contribution is 2.64. The van der Waals surface area contributed by atoms with Crippen molar-refractivity contribution in [2.24, 2.45) is 17.3 Å². The van der Waals surface area contributed by atoms with Crippen LogP contribution in [-0.4, -0.2) is 35.3 Å². The summed E-state index contributed by atoms with van der Waals surface area (Å²) in [6.45, 7) is 0.259. The number of halogens is 2. The lowest BCUT2D eigenvalue weighted by molar-refractivity contribution is -0.173. The van der Waals surface area contributed by atoms with Crippen molar-refractivity contribution >= 4 is 46.4 Å². The molecule has 4 nitrogen and oxygen atoms in total. The number of esters is 1. The van der Waals surface area contributed by atoms with Crippen molar-refractivity contribution in [3.05, 3.63) is 21.3 Å². The van der Waals surface area contributed by atoms with Crippen LogP contribution in [-0.2, 0) is 20.9 Å². The highest BCUT2D eigenvalue weighted by atomic mass is 35.5. The molecule has 2 atom stereocenters. The van der Waals surface area contributed by atoms with Gasteiger partial charge < -0.3 is 9.64 Å². The molecule has 1 amide bonds. The van der Waals surface area contributed by atoms with Gasteiger partial charge in [0.15, 0.2) is 6.61 Å². The molecule has 0 aliphatic heterocycles. The average molecular weight is 416 g/mol. The van der Waals surface area contributed by atoms with Crippen LogP contribution in [0.15, 0.2) is 12.1 Å². The number of alkyl halides is 1. The third-order valence-electron chi connectivity index (χ3n) is 6.20. The molecule has 4 aliphatic carbocycles. The number of hydrogen-bond donors (Lipinski definition) is 0. The Hall–Kier alpha value is -0.780. The van der Waals surface area contributed by atoms with Gasteiger partial charge >= 0.3 is 5.97 Å². The Kier molecular flexibility index (Phi) is 4.77. The smallest absolute Gasteiger partial charge is 0.312 e. The van der Waals surface area contributed by atoms with Crippen molar-refractivity contribution < 1.29 is 14.3 Å². The molecule has 7 heteroatoms. The maximum Gasteiger partial charge on any atom is 0.312 e. The highest BCUT2D eigenvalue weighted by Gasteiger charge is 2.60. The zero-order valence-corrected chi connectivity index (χ0v) is 17.1. The summed E-state index contributed by atoms with van der Waals surface area (Å²) in [4.78, 5) is 27.5. The maximum atomic E-state index is 12.9. The van der Waals surface area contributed by atoms with Gasteiger partial charge in [-0.15, -0.1) is 22.9 Å². The number of carbonyl (C=O) groups is 2. The van der Waals surface area contributed by atoms with E-state index in [4.69, 9.17) is 27.9 Å². The van der Waals surface area contributed by atoms with Crippen LogP contribution in [0.5, 0.6) is 0 Å². The Morgan fingerprint density at radius 2 is 1.96 bits per heavy atom. The van der Waals surface area contributed by atoms with Crippen molar-refractivity contribution in [3.8, 4) is 0 Å². The van der Waals surface area contributed by atoms with Crippen LogP contribution >= 0.6 is 34.5 Å². The second kappa shape index (κ2) is 6.68. The van der Waals surface area contributed by atoms with Gasteiger partial charge in [-0.2, -0.15) is 0 Å². The van der Waals surface area contributed by atoms with Gasteiger partial charge in [-0.3, -0.25) is 9.59 Å². The van der Waals surface area contributed by atoms with Crippen molar-refractivity contribution in [2.45, 2.75) is 49.9 Å². The Labute approximate surface area is 167 Å². The molecule has 1 aromatic rings. The predicted molar refractivity (Wildman–Crippen MR) is 102 cm³/mol. The second-order valence-corrected chi connectivity index (χ2v) is 11.0. The maximum absolute atomic E-state index is 12.9. The summed E-state index contributed by atoms with van der Waals surface area (Å²) in [7, 11) is 1.71. The third kappa shape index (κ3) is 3.50. The van der Waals surface area contributed by atoms with Crippen molar-refractivity contribution in [2.75, 3.05) is 13.7 Å². The lowest BCUT2D eigenvalue weighted by atomic mass is 9.49. The zero-order chi connectivity index (χ0) is 18.5. The minimum Gasteiger partial charge on any atom is -0.455 e. The van der Waals surface area contributed by atoms with Crippen LogP contribution < -0.4 is 0 Å². The number of thiophene rings is 1. The monoisotopic (exact) mass is 415 g/mol. The molecule has 0 spiro atoms. The quantitative estimate of drug-likeness (QED) is 0.525. The lowest BCUT2D eigenvalue weighted by Gasteiger charge is -2.58. The van der Waals surface area contributed by atoms with E-state index >= 15 is 0 Å². The minimum atomic E-state index is -0.466. The molecule has 0 saturated heterocycles. The number of amides is 1. The fourth-order valence-electron chi connectivity index (χ4n) is 5.54. The van der Waals surface area contributed by atoms with Crippen LogP contribution in [0.3, 0.4) is 0 Å². The molecular weight excluding hydrogens is 393 g/mol. The average Bonchev–Trinajstić information content (AvgIpc) is 2.94. The zero-order valence-electron chi connectivity index (χ0n) is 14.8. The third-order valence-corrected chi connectivity index (χ3v) is 7.86. The normalized spacial score (nSPS) is 34.7. The van der Waals surface area contributed by atoms with Gasteiger partial charge in [0.2, 0.25) is 0 Å². The minimum absolute atomic E-state index is 0.201. The molecule has 1 aromatic heterocycles. The van der Waals surface area contributed by atoms with Gasteiger partial charge in [-0.25, -0.2) is 0 Å². The summed E-state index contributed by atoms with van der Waals surface area (Å²) in [5, 5.41) is 0. The van der Waals surface area contributed by atoms with E-state index in [1.807, 2.05) is 12.1 Å². The number of rotatable bonds is 5. The number of likely N-dealkylation sites (N-methyl/N-ethyl adjacent to an activating group) is 1. The number of carbonyl (C=O) groups excluding carboxylic acids is 2. The van der Waals surface area contributed by atoms with E-state index in [0.29, 0.717) is 29.1 Å². The highest BCUT2D eigenvalue weighted by molar-refractivity contribution is 7.16. The summed E-state index contributed by atoms with van der Waals surface area (Å²) in [6, 6.07) is 3.72. The van der Waals surface area contributed by atoms with E-state index in [2.05, 4.69) is 0 Å². The fraction of sp³-hybridized carbons (Fsp3) is 0.684. The van der Waals surface area contributed by atoms with E-state index in [-0.39, 0.29) is 23.4 Å². The van der Waals surface area contributed by atoms with E-state index in [9.17, 15) is 9.59 Å². The Morgan fingerprint density at radius 3 is 2.54 bits per heavy atom. The van der Waals surface area contributed by atoms with Gasteiger partial charge in [-0.1, -0.05) is 11.6 Å². The molecule has 0 aromatic carbocycles. The first kappa shape index (κ1) is 18.6. The van der Waals surface area contributed by atoms with Crippen LogP contribution in [0, 0.1) is 17.3 Å². The molecule has 4 aliphatic rings. The van der Waals surface area contributed by atoms with E-state index in [1.165, 1.54) is 17.8 Å². The summed E-state index contributed by atoms with van der Waals surface area (Å²) in [5.41, 5.74) is -0.466. The van der Waals surface area contributed by atoms with E-state index in [1.54, 1.807) is 11.9 Å². The van der Waals surface area contributed by atoms with Crippen LogP contribution in [0.1, 0.15) is 43.4 Å². The first-order chi connectivity index (χ1) is 12.3. The van der Waals surface area contributed by atoms with Gasteiger partial charge in [-0.05, 0) is 62.5 Å². The van der Waals surface area contributed by atoms with Crippen molar-refractivity contribution in [3.63, 3.8) is 0 Å². The molecule has 4 saturated carbocycles. The van der Waals surface area contributed by atoms with Gasteiger partial charge in [0, 0.05) is 16.8 Å². The van der Waals surface area contributed by atoms with Gasteiger partial charge in [0.05, 0.1) is 16.3 Å². The Balaban J connectivity index is 1.34. The molecule has 1 heterocycles. The van der Waals surface area contributed by atoms with Crippen molar-refractivity contribution in [1.29, 1.82) is 0 Å². The molecule has 0 radical (unpaired) electrons. The molecule has 5 rings (SSSR count). The molecule has 4 bridgehead atoms. The number of ether oxygens (including phenoxy) is 1. The summed E-state index contributed by atoms with van der Waals surface area (Å²) in [6.07, 6.45) is 5.67. The molecule has 142 valence electrons. The topological polar surface area (TPSA) is 46.6 Å². The summed E-state index contributed by atoms with van der Waals surface area (Å²) < 4.78 is 6.18. The van der Waals surface area contributed by atoms with Gasteiger partial charge in [0.1, 0.15) is 0 Å². The molecule has 4 fully saturated rings. The second-order valence-electron chi connectivity index (χ2n) is 8.42. The predicted octanol–water partition coefficient (Wildman–Crippen LogP) is 4.48.